The van der Waals surface area contributed by atoms with Crippen molar-refractivity contribution in [1.82, 2.24) is 0 Å². The fourth-order valence-electron chi connectivity index (χ4n) is 2.39. The maximum absolute atomic E-state index is 5.44. The van der Waals surface area contributed by atoms with Crippen LogP contribution < -0.4 is 38.4 Å². The molecule has 0 aliphatic carbocycles. The first-order valence-electron chi connectivity index (χ1n) is 7.49. The predicted molar refractivity (Wildman–Crippen MR) is 94.3 cm³/mol. The van der Waals surface area contributed by atoms with Gasteiger partial charge in [0.2, 0.25) is 6.79 Å². The van der Waals surface area contributed by atoms with Crippen LogP contribution in [-0.4, -0.2) is 18.5 Å². The molecule has 0 radical (unpaired) electrons. The van der Waals surface area contributed by atoms with E-state index < -0.39 is 0 Å². The second-order valence-electron chi connectivity index (χ2n) is 5.30. The van der Waals surface area contributed by atoms with Crippen LogP contribution in [0.1, 0.15) is 18.1 Å². The average molecular weight is 359 g/mol. The molecule has 3 rings (SSSR count). The molecule has 130 valence electrons. The minimum absolute atomic E-state index is 0. The molecule has 1 aliphatic heterocycles. The van der Waals surface area contributed by atoms with Crippen LogP contribution in [0, 0.1) is 0 Å². The van der Waals surface area contributed by atoms with Crippen molar-refractivity contribution < 1.29 is 27.0 Å². The highest BCUT2D eigenvalue weighted by molar-refractivity contribution is 6.26. The van der Waals surface area contributed by atoms with E-state index in [1.165, 1.54) is 0 Å². The molecular weight excluding hydrogens is 340 g/mol. The van der Waals surface area contributed by atoms with E-state index in [1.54, 1.807) is 0 Å². The Morgan fingerprint density at radius 3 is 2.52 bits per heavy atom. The Morgan fingerprint density at radius 2 is 1.80 bits per heavy atom. The molecule has 2 aromatic rings. The SMILES string of the molecule is CC(=N\[NH+]=C(N)N)/C(=C/c1ccc2c(c1)OCO2)c1ccccc1.[Cl-]. The van der Waals surface area contributed by atoms with E-state index in [0.717, 1.165) is 33.9 Å². The van der Waals surface area contributed by atoms with Gasteiger partial charge in [0.05, 0.1) is 5.71 Å². The van der Waals surface area contributed by atoms with Crippen LogP contribution in [-0.2, 0) is 0 Å². The predicted octanol–water partition coefficient (Wildman–Crippen LogP) is -2.31. The Bertz CT molecular complexity index is 828. The lowest BCUT2D eigenvalue weighted by Crippen LogP contribution is -3.00. The van der Waals surface area contributed by atoms with Crippen LogP contribution in [0.5, 0.6) is 11.5 Å². The summed E-state index contributed by atoms with van der Waals surface area (Å²) in [5, 5.41) is 6.82. The van der Waals surface area contributed by atoms with Gasteiger partial charge in [0.25, 0.3) is 0 Å². The van der Waals surface area contributed by atoms with Gasteiger partial charge in [-0.15, -0.1) is 5.10 Å². The third-order valence-electron chi connectivity index (χ3n) is 3.53. The van der Waals surface area contributed by atoms with Crippen LogP contribution >= 0.6 is 0 Å². The van der Waals surface area contributed by atoms with Gasteiger partial charge in [0.15, 0.2) is 11.5 Å². The van der Waals surface area contributed by atoms with E-state index in [2.05, 4.69) is 10.2 Å². The lowest BCUT2D eigenvalue weighted by molar-refractivity contribution is -0.464. The Labute approximate surface area is 152 Å². The number of nitrogens with zero attached hydrogens (tertiary/aromatic N) is 1. The summed E-state index contributed by atoms with van der Waals surface area (Å²) >= 11 is 0. The Hall–Kier alpha value is -2.99. The maximum atomic E-state index is 5.44. The van der Waals surface area contributed by atoms with E-state index in [-0.39, 0.29) is 25.2 Å². The molecule has 7 heteroatoms. The highest BCUT2D eigenvalue weighted by Gasteiger charge is 2.13. The molecule has 0 spiro atoms. The Kier molecular flexibility index (Phi) is 6.03. The fourth-order valence-corrected chi connectivity index (χ4v) is 2.39. The molecule has 0 bridgehead atoms. The van der Waals surface area contributed by atoms with Crippen molar-refractivity contribution in [2.45, 2.75) is 6.92 Å². The fraction of sp³-hybridized carbons (Fsp3) is 0.111. The molecule has 0 aromatic heterocycles. The van der Waals surface area contributed by atoms with Crippen LogP contribution in [0.4, 0.5) is 0 Å². The third kappa shape index (κ3) is 4.51. The zero-order valence-electron chi connectivity index (χ0n) is 13.7. The number of rotatable bonds is 4. The molecule has 5 N–H and O–H groups in total. The first-order chi connectivity index (χ1) is 11.6. The number of fused-ring (bicyclic) bond motifs is 1. The monoisotopic (exact) mass is 358 g/mol. The van der Waals surface area contributed by atoms with Crippen LogP contribution in [0.15, 0.2) is 53.6 Å². The van der Waals surface area contributed by atoms with Gasteiger partial charge >= 0.3 is 5.96 Å². The van der Waals surface area contributed by atoms with Crippen molar-refractivity contribution >= 4 is 23.3 Å². The van der Waals surface area contributed by atoms with Gasteiger partial charge in [-0.1, -0.05) is 36.4 Å². The standard InChI is InChI=1S/C18H18N4O2.ClH/c1-12(21-22-18(19)20)15(14-5-3-2-4-6-14)9-13-7-8-16-17(10-13)24-11-23-16;/h2-10H,11H2,1H3,(H4,19,20,22);1H/b15-9-,21-12+;. The molecule has 1 aliphatic rings. The van der Waals surface area contributed by atoms with Crippen LogP contribution in [0.2, 0.25) is 0 Å². The molecule has 1 heterocycles. The minimum atomic E-state index is 0. The number of guanidine groups is 1. The average Bonchev–Trinajstić information content (AvgIpc) is 3.06. The third-order valence-corrected chi connectivity index (χ3v) is 3.53. The summed E-state index contributed by atoms with van der Waals surface area (Å²) in [5.41, 5.74) is 14.6. The number of ether oxygens (including phenoxy) is 2. The number of hydrogen-bond acceptors (Lipinski definition) is 3. The summed E-state index contributed by atoms with van der Waals surface area (Å²) in [6.07, 6.45) is 2.03. The van der Waals surface area contributed by atoms with Gasteiger partial charge in [-0.25, -0.2) is 0 Å². The molecule has 25 heavy (non-hydrogen) atoms. The smallest absolute Gasteiger partial charge is 0.362 e. The molecule has 0 unspecified atom stereocenters. The van der Waals surface area contributed by atoms with Gasteiger partial charge in [0, 0.05) is 5.57 Å². The highest BCUT2D eigenvalue weighted by Crippen LogP contribution is 2.33. The summed E-state index contributed by atoms with van der Waals surface area (Å²) < 4.78 is 10.8. The number of nitrogens with two attached hydrogens (primary N) is 2. The number of hydrogen-bond donors (Lipinski definition) is 3. The maximum Gasteiger partial charge on any atom is 0.362 e. The normalized spacial score (nSPS) is 13.2. The van der Waals surface area contributed by atoms with Crippen LogP contribution in [0.3, 0.4) is 0 Å². The first-order valence-corrected chi connectivity index (χ1v) is 7.49. The quantitative estimate of drug-likeness (QED) is 0.248. The second-order valence-corrected chi connectivity index (χ2v) is 5.30. The molecular formula is C18H19ClN4O2. The molecule has 0 saturated heterocycles. The molecule has 0 saturated carbocycles. The van der Waals surface area contributed by atoms with Crippen molar-refractivity contribution in [3.8, 4) is 11.5 Å². The molecule has 0 atom stereocenters. The second kappa shape index (κ2) is 8.21. The van der Waals surface area contributed by atoms with Crippen molar-refractivity contribution in [2.75, 3.05) is 6.79 Å². The minimum Gasteiger partial charge on any atom is -1.00 e. The molecule has 6 nitrogen and oxygen atoms in total. The van der Waals surface area contributed by atoms with E-state index >= 15 is 0 Å². The van der Waals surface area contributed by atoms with Crippen LogP contribution in [0.25, 0.3) is 11.6 Å². The number of nitrogens with one attached hydrogen (secondary N) is 1. The summed E-state index contributed by atoms with van der Waals surface area (Å²) in [6.45, 7) is 2.14. The summed E-state index contributed by atoms with van der Waals surface area (Å²) in [4.78, 5) is 0. The first kappa shape index (κ1) is 18.4. The summed E-state index contributed by atoms with van der Waals surface area (Å²) in [5.74, 6) is 1.54. The molecule has 2 aromatic carbocycles. The Morgan fingerprint density at radius 1 is 1.08 bits per heavy atom. The number of hydrazone groups is 1. The van der Waals surface area contributed by atoms with Crippen molar-refractivity contribution in [1.29, 1.82) is 0 Å². The Balaban J connectivity index is 0.00000225. The van der Waals surface area contributed by atoms with Crippen molar-refractivity contribution in [3.63, 3.8) is 0 Å². The molecule has 0 amide bonds. The lowest BCUT2D eigenvalue weighted by Gasteiger charge is -2.07. The topological polar surface area (TPSA) is 96.8 Å². The van der Waals surface area contributed by atoms with Crippen molar-refractivity contribution in [3.05, 3.63) is 59.7 Å². The summed E-state index contributed by atoms with van der Waals surface area (Å²) in [6, 6.07) is 15.8. The number of halogens is 1. The van der Waals surface area contributed by atoms with E-state index in [4.69, 9.17) is 20.9 Å². The zero-order chi connectivity index (χ0) is 16.9. The van der Waals surface area contributed by atoms with Gasteiger partial charge in [0.1, 0.15) is 0 Å². The van der Waals surface area contributed by atoms with Crippen molar-refractivity contribution in [2.24, 2.45) is 16.6 Å². The van der Waals surface area contributed by atoms with E-state index in [1.807, 2.05) is 61.5 Å². The lowest BCUT2D eigenvalue weighted by atomic mass is 9.99. The van der Waals surface area contributed by atoms with E-state index in [0.29, 0.717) is 0 Å². The largest absolute Gasteiger partial charge is 1.00 e. The van der Waals surface area contributed by atoms with Gasteiger partial charge in [-0.3, -0.25) is 11.5 Å². The zero-order valence-corrected chi connectivity index (χ0v) is 14.5. The van der Waals surface area contributed by atoms with Gasteiger partial charge in [-0.05, 0) is 36.3 Å². The van der Waals surface area contributed by atoms with Gasteiger partial charge in [-0.2, -0.15) is 5.10 Å². The molecule has 0 fully saturated rings. The number of benzene rings is 2. The highest BCUT2D eigenvalue weighted by atomic mass is 35.5. The summed E-state index contributed by atoms with van der Waals surface area (Å²) in [7, 11) is 0. The van der Waals surface area contributed by atoms with Gasteiger partial charge < -0.3 is 21.9 Å². The number of allylic oxidation sites excluding steroid dienone is 1. The van der Waals surface area contributed by atoms with E-state index in [9.17, 15) is 0 Å².